The molecule has 2 rings (SSSR count). The Morgan fingerprint density at radius 2 is 1.95 bits per heavy atom. The van der Waals surface area contributed by atoms with Gasteiger partial charge in [0.25, 0.3) is 0 Å². The Kier molecular flexibility index (Phi) is 4.01. The van der Waals surface area contributed by atoms with E-state index in [1.54, 1.807) is 12.1 Å². The molecule has 1 heterocycles. The maximum Gasteiger partial charge on any atom is 0.119 e. The number of hydrogen-bond donors (Lipinski definition) is 0. The molecule has 6 heteroatoms. The summed E-state index contributed by atoms with van der Waals surface area (Å²) >= 11 is -2.20. The van der Waals surface area contributed by atoms with E-state index < -0.39 is 11.1 Å². The fraction of sp³-hybridized carbons (Fsp3) is 0.308. The van der Waals surface area contributed by atoms with E-state index in [1.165, 1.54) is 12.1 Å². The second-order valence-electron chi connectivity index (χ2n) is 4.27. The molecule has 2 aromatic rings. The Morgan fingerprint density at radius 1 is 1.32 bits per heavy atom. The quantitative estimate of drug-likeness (QED) is 0.801. The highest BCUT2D eigenvalue weighted by atomic mass is 32.2. The van der Waals surface area contributed by atoms with Crippen LogP contribution >= 0.6 is 0 Å². The van der Waals surface area contributed by atoms with Crippen LogP contribution in [-0.2, 0) is 24.7 Å². The van der Waals surface area contributed by atoms with Crippen LogP contribution in [0.25, 0.3) is 0 Å². The largest absolute Gasteiger partial charge is 0.768 e. The van der Waals surface area contributed by atoms with Gasteiger partial charge in [-0.2, -0.15) is 5.10 Å². The maximum atomic E-state index is 10.7. The van der Waals surface area contributed by atoms with Gasteiger partial charge >= 0.3 is 0 Å². The predicted octanol–water partition coefficient (Wildman–Crippen LogP) is 1.85. The first-order chi connectivity index (χ1) is 8.99. The first-order valence-electron chi connectivity index (χ1n) is 5.80. The zero-order valence-electron chi connectivity index (χ0n) is 11.0. The third kappa shape index (κ3) is 3.02. The van der Waals surface area contributed by atoms with E-state index in [1.807, 2.05) is 25.6 Å². The number of aryl methyl sites for hydroxylation is 2. The minimum absolute atomic E-state index is 0.251. The lowest BCUT2D eigenvalue weighted by Gasteiger charge is -2.09. The van der Waals surface area contributed by atoms with Crippen LogP contribution in [0.5, 0.6) is 5.75 Å². The fourth-order valence-corrected chi connectivity index (χ4v) is 2.19. The summed E-state index contributed by atoms with van der Waals surface area (Å²) < 4.78 is 28.9. The van der Waals surface area contributed by atoms with Crippen LogP contribution in [0, 0.1) is 13.8 Å². The van der Waals surface area contributed by atoms with Crippen LogP contribution in [0.3, 0.4) is 0 Å². The Labute approximate surface area is 114 Å². The van der Waals surface area contributed by atoms with Gasteiger partial charge in [-0.15, -0.1) is 0 Å². The third-order valence-electron chi connectivity index (χ3n) is 3.06. The lowest BCUT2D eigenvalue weighted by Crippen LogP contribution is -1.99. The Morgan fingerprint density at radius 3 is 2.42 bits per heavy atom. The van der Waals surface area contributed by atoms with Gasteiger partial charge in [-0.1, -0.05) is 0 Å². The minimum atomic E-state index is -2.20. The molecule has 1 unspecified atom stereocenters. The molecule has 0 bridgehead atoms. The molecule has 0 spiro atoms. The van der Waals surface area contributed by atoms with Crippen LogP contribution in [-0.4, -0.2) is 18.5 Å². The van der Waals surface area contributed by atoms with Gasteiger partial charge in [-0.3, -0.25) is 8.89 Å². The van der Waals surface area contributed by atoms with Crippen molar-refractivity contribution in [3.05, 3.63) is 41.2 Å². The van der Waals surface area contributed by atoms with Gasteiger partial charge in [0.1, 0.15) is 12.4 Å². The molecule has 0 radical (unpaired) electrons. The van der Waals surface area contributed by atoms with E-state index in [9.17, 15) is 8.76 Å². The van der Waals surface area contributed by atoms with Crippen LogP contribution in [0.15, 0.2) is 29.2 Å². The molecule has 0 aliphatic heterocycles. The second-order valence-corrected chi connectivity index (χ2v) is 5.21. The van der Waals surface area contributed by atoms with Crippen LogP contribution in [0.2, 0.25) is 0 Å². The molecule has 19 heavy (non-hydrogen) atoms. The van der Waals surface area contributed by atoms with Crippen molar-refractivity contribution in [2.45, 2.75) is 25.3 Å². The van der Waals surface area contributed by atoms with Crippen molar-refractivity contribution in [1.29, 1.82) is 0 Å². The molecule has 0 saturated carbocycles. The monoisotopic (exact) mass is 279 g/mol. The van der Waals surface area contributed by atoms with Crippen LogP contribution in [0.4, 0.5) is 0 Å². The number of benzene rings is 1. The van der Waals surface area contributed by atoms with Gasteiger partial charge in [-0.05, 0) is 49.2 Å². The predicted molar refractivity (Wildman–Crippen MR) is 70.6 cm³/mol. The third-order valence-corrected chi connectivity index (χ3v) is 3.72. The normalized spacial score (nSPS) is 12.4. The van der Waals surface area contributed by atoms with E-state index in [2.05, 4.69) is 5.10 Å². The topological polar surface area (TPSA) is 67.2 Å². The summed E-state index contributed by atoms with van der Waals surface area (Å²) in [6.07, 6.45) is 0. The van der Waals surface area contributed by atoms with Gasteiger partial charge in [0.15, 0.2) is 0 Å². The number of ether oxygens (including phenoxy) is 1. The van der Waals surface area contributed by atoms with Gasteiger partial charge in [-0.25, -0.2) is 0 Å². The molecule has 0 amide bonds. The molecular formula is C13H15N2O3S-. The Bertz CT molecular complexity index is 605. The van der Waals surface area contributed by atoms with Crippen molar-refractivity contribution in [3.8, 4) is 5.75 Å². The first-order valence-corrected chi connectivity index (χ1v) is 6.87. The van der Waals surface area contributed by atoms with E-state index >= 15 is 0 Å². The summed E-state index contributed by atoms with van der Waals surface area (Å²) in [7, 11) is 1.89. The van der Waals surface area contributed by atoms with E-state index in [4.69, 9.17) is 4.74 Å². The number of rotatable bonds is 4. The van der Waals surface area contributed by atoms with Gasteiger partial charge in [0, 0.05) is 23.2 Å². The summed E-state index contributed by atoms with van der Waals surface area (Å²) in [4.78, 5) is 0.251. The highest BCUT2D eigenvalue weighted by Gasteiger charge is 2.09. The molecule has 102 valence electrons. The van der Waals surface area contributed by atoms with Crippen molar-refractivity contribution in [3.63, 3.8) is 0 Å². The van der Waals surface area contributed by atoms with Gasteiger partial charge < -0.3 is 9.29 Å². The molecule has 0 fully saturated rings. The maximum absolute atomic E-state index is 10.7. The van der Waals surface area contributed by atoms with E-state index in [0.717, 1.165) is 17.0 Å². The second kappa shape index (κ2) is 5.54. The molecule has 1 aromatic heterocycles. The molecule has 0 aliphatic carbocycles. The Hall–Kier alpha value is -1.66. The zero-order valence-corrected chi connectivity index (χ0v) is 11.9. The Balaban J connectivity index is 2.08. The fourth-order valence-electron chi connectivity index (χ4n) is 1.83. The highest BCUT2D eigenvalue weighted by Crippen LogP contribution is 2.18. The van der Waals surface area contributed by atoms with Crippen molar-refractivity contribution >= 4 is 11.1 Å². The summed E-state index contributed by atoms with van der Waals surface area (Å²) in [6.45, 7) is 4.35. The van der Waals surface area contributed by atoms with Crippen molar-refractivity contribution < 1.29 is 13.5 Å². The molecular weight excluding hydrogens is 264 g/mol. The summed E-state index contributed by atoms with van der Waals surface area (Å²) in [5.41, 5.74) is 3.06. The summed E-state index contributed by atoms with van der Waals surface area (Å²) in [5, 5.41) is 4.32. The van der Waals surface area contributed by atoms with Crippen LogP contribution < -0.4 is 4.74 Å². The molecule has 1 aromatic carbocycles. The van der Waals surface area contributed by atoms with Gasteiger partial charge in [0.05, 0.1) is 5.69 Å². The van der Waals surface area contributed by atoms with Crippen molar-refractivity contribution in [2.24, 2.45) is 7.05 Å². The lowest BCUT2D eigenvalue weighted by molar-refractivity contribution is 0.304. The zero-order chi connectivity index (χ0) is 14.0. The lowest BCUT2D eigenvalue weighted by atomic mass is 10.2. The highest BCUT2D eigenvalue weighted by molar-refractivity contribution is 7.79. The standard InChI is InChI=1S/C13H16N2O3S/c1-9-13(10(2)15(3)14-9)8-18-11-4-6-12(7-5-11)19(16)17/h4-7H,8H2,1-3H3,(H,16,17)/p-1. The van der Waals surface area contributed by atoms with E-state index in [0.29, 0.717) is 12.4 Å². The first kappa shape index (κ1) is 13.8. The smallest absolute Gasteiger partial charge is 0.119 e. The number of hydrogen-bond acceptors (Lipinski definition) is 4. The summed E-state index contributed by atoms with van der Waals surface area (Å²) in [6, 6.07) is 6.32. The average Bonchev–Trinajstić information content (AvgIpc) is 2.62. The minimum Gasteiger partial charge on any atom is -0.768 e. The summed E-state index contributed by atoms with van der Waals surface area (Å²) in [5.74, 6) is 0.636. The van der Waals surface area contributed by atoms with Crippen molar-refractivity contribution in [2.75, 3.05) is 0 Å². The molecule has 0 aliphatic rings. The molecule has 0 saturated heterocycles. The molecule has 0 N–H and O–H groups in total. The van der Waals surface area contributed by atoms with Crippen LogP contribution in [0.1, 0.15) is 17.0 Å². The molecule has 1 atom stereocenters. The van der Waals surface area contributed by atoms with Crippen molar-refractivity contribution in [1.82, 2.24) is 9.78 Å². The number of aromatic nitrogens is 2. The average molecular weight is 279 g/mol. The molecule has 5 nitrogen and oxygen atoms in total. The van der Waals surface area contributed by atoms with E-state index in [-0.39, 0.29) is 4.90 Å². The SMILES string of the molecule is Cc1nn(C)c(C)c1COc1ccc(S(=O)[O-])cc1. The van der Waals surface area contributed by atoms with Gasteiger partial charge in [0.2, 0.25) is 0 Å². The number of nitrogens with zero attached hydrogens (tertiary/aromatic N) is 2.